The zero-order valence-corrected chi connectivity index (χ0v) is 17.1. The van der Waals surface area contributed by atoms with Crippen molar-refractivity contribution in [1.29, 1.82) is 0 Å². The third kappa shape index (κ3) is 3.70. The first-order valence-electron chi connectivity index (χ1n) is 10.1. The Balaban J connectivity index is 1.44. The van der Waals surface area contributed by atoms with Gasteiger partial charge in [-0.1, -0.05) is 30.3 Å². The van der Waals surface area contributed by atoms with E-state index in [1.807, 2.05) is 50.2 Å². The molecule has 2 aliphatic rings. The lowest BCUT2D eigenvalue weighted by atomic mass is 10.0. The second-order valence-corrected chi connectivity index (χ2v) is 7.77. The average molecular weight is 404 g/mol. The molecule has 0 saturated heterocycles. The maximum atomic E-state index is 12.8. The van der Waals surface area contributed by atoms with Crippen LogP contribution in [-0.4, -0.2) is 51.6 Å². The molecule has 0 unspecified atom stereocenters. The molecule has 1 aromatic carbocycles. The highest BCUT2D eigenvalue weighted by molar-refractivity contribution is 6.19. The number of aromatic nitrogens is 1. The molecule has 7 nitrogen and oxygen atoms in total. The SMILES string of the molecule is CC(C)N1C(=O)C2=C(C1=O)N(CC(=O)Nc1ccc(-c3ccccc3)cn1)CCC2. The Bertz CT molecular complexity index is 1010. The van der Waals surface area contributed by atoms with E-state index in [-0.39, 0.29) is 30.3 Å². The monoisotopic (exact) mass is 404 g/mol. The van der Waals surface area contributed by atoms with Gasteiger partial charge in [-0.2, -0.15) is 0 Å². The van der Waals surface area contributed by atoms with Gasteiger partial charge in [-0.25, -0.2) is 4.98 Å². The van der Waals surface area contributed by atoms with E-state index in [0.717, 1.165) is 17.5 Å². The van der Waals surface area contributed by atoms with Crippen molar-refractivity contribution in [3.63, 3.8) is 0 Å². The minimum atomic E-state index is -0.303. The fourth-order valence-electron chi connectivity index (χ4n) is 3.94. The molecule has 4 rings (SSSR count). The van der Waals surface area contributed by atoms with Crippen LogP contribution in [0.5, 0.6) is 0 Å². The molecule has 0 atom stereocenters. The zero-order valence-electron chi connectivity index (χ0n) is 17.1. The largest absolute Gasteiger partial charge is 0.357 e. The summed E-state index contributed by atoms with van der Waals surface area (Å²) >= 11 is 0. The number of benzene rings is 1. The van der Waals surface area contributed by atoms with E-state index in [0.29, 0.717) is 30.1 Å². The highest BCUT2D eigenvalue weighted by atomic mass is 16.2. The molecule has 0 fully saturated rings. The fourth-order valence-corrected chi connectivity index (χ4v) is 3.94. The van der Waals surface area contributed by atoms with Crippen molar-refractivity contribution in [3.8, 4) is 11.1 Å². The summed E-state index contributed by atoms with van der Waals surface area (Å²) in [5, 5.41) is 2.78. The second-order valence-electron chi connectivity index (χ2n) is 7.77. The number of pyridine rings is 1. The Kier molecular flexibility index (Phi) is 5.35. The summed E-state index contributed by atoms with van der Waals surface area (Å²) in [5.41, 5.74) is 2.92. The number of carbonyl (C=O) groups is 3. The van der Waals surface area contributed by atoms with Crippen LogP contribution in [0.1, 0.15) is 26.7 Å². The zero-order chi connectivity index (χ0) is 21.3. The van der Waals surface area contributed by atoms with Gasteiger partial charge in [0.25, 0.3) is 11.8 Å². The first-order chi connectivity index (χ1) is 14.5. The molecule has 2 aliphatic heterocycles. The lowest BCUT2D eigenvalue weighted by molar-refractivity contribution is -0.140. The van der Waals surface area contributed by atoms with Crippen LogP contribution in [0, 0.1) is 0 Å². The highest BCUT2D eigenvalue weighted by Crippen LogP contribution is 2.32. The summed E-state index contributed by atoms with van der Waals surface area (Å²) < 4.78 is 0. The van der Waals surface area contributed by atoms with Crippen LogP contribution in [-0.2, 0) is 14.4 Å². The molecule has 0 aliphatic carbocycles. The summed E-state index contributed by atoms with van der Waals surface area (Å²) in [6.07, 6.45) is 3.02. The van der Waals surface area contributed by atoms with Gasteiger partial charge >= 0.3 is 0 Å². The van der Waals surface area contributed by atoms with Crippen LogP contribution in [0.3, 0.4) is 0 Å². The smallest absolute Gasteiger partial charge is 0.277 e. The number of anilines is 1. The summed E-state index contributed by atoms with van der Waals surface area (Å²) in [5.74, 6) is -0.355. The molecule has 0 radical (unpaired) electrons. The maximum Gasteiger partial charge on any atom is 0.277 e. The maximum absolute atomic E-state index is 12.8. The molecule has 30 heavy (non-hydrogen) atoms. The predicted molar refractivity (Wildman–Crippen MR) is 113 cm³/mol. The number of hydrogen-bond acceptors (Lipinski definition) is 5. The first-order valence-corrected chi connectivity index (χ1v) is 10.1. The van der Waals surface area contributed by atoms with Crippen LogP contribution in [0.25, 0.3) is 11.1 Å². The Morgan fingerprint density at radius 2 is 1.83 bits per heavy atom. The van der Waals surface area contributed by atoms with E-state index in [1.165, 1.54) is 4.90 Å². The average Bonchev–Trinajstić information content (AvgIpc) is 3.00. The van der Waals surface area contributed by atoms with Gasteiger partial charge in [0.2, 0.25) is 5.91 Å². The van der Waals surface area contributed by atoms with Crippen LogP contribution >= 0.6 is 0 Å². The van der Waals surface area contributed by atoms with Gasteiger partial charge in [0.1, 0.15) is 11.5 Å². The topological polar surface area (TPSA) is 82.6 Å². The van der Waals surface area contributed by atoms with Crippen molar-refractivity contribution in [2.45, 2.75) is 32.7 Å². The normalized spacial score (nSPS) is 16.4. The molecule has 154 valence electrons. The van der Waals surface area contributed by atoms with Gasteiger partial charge in [0.05, 0.1) is 6.54 Å². The van der Waals surface area contributed by atoms with Gasteiger partial charge in [-0.05, 0) is 44.4 Å². The first kappa shape index (κ1) is 19.8. The van der Waals surface area contributed by atoms with Crippen LogP contribution in [0.15, 0.2) is 59.9 Å². The van der Waals surface area contributed by atoms with Crippen molar-refractivity contribution in [3.05, 3.63) is 59.9 Å². The Morgan fingerprint density at radius 1 is 1.07 bits per heavy atom. The number of carbonyl (C=O) groups excluding carboxylic acids is 3. The van der Waals surface area contributed by atoms with Gasteiger partial charge in [-0.3, -0.25) is 19.3 Å². The van der Waals surface area contributed by atoms with E-state index in [1.54, 1.807) is 17.2 Å². The number of amides is 3. The van der Waals surface area contributed by atoms with Crippen molar-refractivity contribution >= 4 is 23.5 Å². The van der Waals surface area contributed by atoms with Crippen molar-refractivity contribution in [2.24, 2.45) is 0 Å². The Labute approximate surface area is 175 Å². The second kappa shape index (κ2) is 8.10. The van der Waals surface area contributed by atoms with Gasteiger partial charge in [0.15, 0.2) is 0 Å². The molecular formula is C23H24N4O3. The predicted octanol–water partition coefficient (Wildman–Crippen LogP) is 2.81. The van der Waals surface area contributed by atoms with E-state index in [9.17, 15) is 14.4 Å². The lowest BCUT2D eigenvalue weighted by Gasteiger charge is -2.28. The standard InChI is InChI=1S/C23H24N4O3/c1-15(2)27-22(29)18-9-6-12-26(21(18)23(27)30)14-20(28)25-19-11-10-17(13-24-19)16-7-4-3-5-8-16/h3-5,7-8,10-11,13,15H,6,9,12,14H2,1-2H3,(H,24,25,28). The summed E-state index contributed by atoms with van der Waals surface area (Å²) in [4.78, 5) is 45.3. The van der Waals surface area contributed by atoms with Crippen LogP contribution in [0.2, 0.25) is 0 Å². The molecule has 2 aromatic rings. The Hall–Kier alpha value is -3.48. The summed E-state index contributed by atoms with van der Waals surface area (Å²) in [7, 11) is 0. The molecule has 0 bridgehead atoms. The Morgan fingerprint density at radius 3 is 2.50 bits per heavy atom. The number of hydrogen-bond donors (Lipinski definition) is 1. The van der Waals surface area contributed by atoms with Crippen LogP contribution < -0.4 is 5.32 Å². The van der Waals surface area contributed by atoms with E-state index >= 15 is 0 Å². The summed E-state index contributed by atoms with van der Waals surface area (Å²) in [6.45, 7) is 4.20. The lowest BCUT2D eigenvalue weighted by Crippen LogP contribution is -2.41. The van der Waals surface area contributed by atoms with Crippen molar-refractivity contribution < 1.29 is 14.4 Å². The minimum Gasteiger partial charge on any atom is -0.357 e. The fraction of sp³-hybridized carbons (Fsp3) is 0.304. The quantitative estimate of drug-likeness (QED) is 0.775. The van der Waals surface area contributed by atoms with E-state index < -0.39 is 0 Å². The molecule has 0 saturated carbocycles. The van der Waals surface area contributed by atoms with Gasteiger partial charge in [-0.15, -0.1) is 0 Å². The third-order valence-electron chi connectivity index (χ3n) is 5.34. The molecule has 0 spiro atoms. The van der Waals surface area contributed by atoms with Gasteiger partial charge in [0, 0.05) is 29.9 Å². The number of imide groups is 1. The van der Waals surface area contributed by atoms with E-state index in [2.05, 4.69) is 10.3 Å². The molecule has 7 heteroatoms. The van der Waals surface area contributed by atoms with Crippen molar-refractivity contribution in [1.82, 2.24) is 14.8 Å². The van der Waals surface area contributed by atoms with Crippen molar-refractivity contribution in [2.75, 3.05) is 18.4 Å². The number of rotatable bonds is 5. The molecular weight excluding hydrogens is 380 g/mol. The third-order valence-corrected chi connectivity index (χ3v) is 5.34. The van der Waals surface area contributed by atoms with E-state index in [4.69, 9.17) is 0 Å². The molecule has 3 heterocycles. The van der Waals surface area contributed by atoms with Gasteiger partial charge < -0.3 is 10.2 Å². The molecule has 3 amide bonds. The number of nitrogens with one attached hydrogen (secondary N) is 1. The molecule has 1 aromatic heterocycles. The highest BCUT2D eigenvalue weighted by Gasteiger charge is 2.43. The van der Waals surface area contributed by atoms with Crippen LogP contribution in [0.4, 0.5) is 5.82 Å². The number of nitrogens with zero attached hydrogens (tertiary/aromatic N) is 3. The summed E-state index contributed by atoms with van der Waals surface area (Å²) in [6, 6.07) is 13.3. The molecule has 1 N–H and O–H groups in total. The minimum absolute atomic E-state index is 0.00586.